The summed E-state index contributed by atoms with van der Waals surface area (Å²) in [6.45, 7) is 5.06. The molecule has 0 saturated carbocycles. The summed E-state index contributed by atoms with van der Waals surface area (Å²) in [5.74, 6) is 0.0400. The van der Waals surface area contributed by atoms with Crippen LogP contribution in [0.25, 0.3) is 0 Å². The number of aromatic nitrogens is 2. The lowest BCUT2D eigenvalue weighted by molar-refractivity contribution is -0.141. The third kappa shape index (κ3) is 3.33. The zero-order valence-corrected chi connectivity index (χ0v) is 15.2. The van der Waals surface area contributed by atoms with E-state index in [-0.39, 0.29) is 35.1 Å². The maximum absolute atomic E-state index is 13.5. The first-order chi connectivity index (χ1) is 13.1. The Morgan fingerprint density at radius 3 is 2.18 bits per heavy atom. The van der Waals surface area contributed by atoms with Crippen molar-refractivity contribution in [3.05, 3.63) is 17.6 Å². The van der Waals surface area contributed by atoms with Gasteiger partial charge in [-0.2, -0.15) is 18.2 Å². The molecule has 150 valence electrons. The van der Waals surface area contributed by atoms with Gasteiger partial charge >= 0.3 is 6.18 Å². The molecule has 0 radical (unpaired) electrons. The van der Waals surface area contributed by atoms with Crippen molar-refractivity contribution in [3.63, 3.8) is 0 Å². The van der Waals surface area contributed by atoms with Crippen LogP contribution in [0.4, 0.5) is 23.4 Å². The molecule has 1 amide bonds. The topological polar surface area (TPSA) is 74.1 Å². The van der Waals surface area contributed by atoms with Gasteiger partial charge in [0.1, 0.15) is 17.3 Å². The van der Waals surface area contributed by atoms with Gasteiger partial charge in [-0.15, -0.1) is 0 Å². The van der Waals surface area contributed by atoms with Crippen LogP contribution in [-0.2, 0) is 11.0 Å². The van der Waals surface area contributed by atoms with Crippen molar-refractivity contribution >= 4 is 23.4 Å². The number of amides is 1. The molecule has 4 rings (SSSR count). The normalized spacial score (nSPS) is 27.8. The summed E-state index contributed by atoms with van der Waals surface area (Å²) >= 11 is 0. The highest BCUT2D eigenvalue weighted by Crippen LogP contribution is 2.36. The highest BCUT2D eigenvalue weighted by molar-refractivity contribution is 6.16. The van der Waals surface area contributed by atoms with Crippen LogP contribution in [0.2, 0.25) is 0 Å². The fourth-order valence-corrected chi connectivity index (χ4v) is 3.92. The van der Waals surface area contributed by atoms with Gasteiger partial charge in [-0.1, -0.05) is 0 Å². The summed E-state index contributed by atoms with van der Waals surface area (Å²) in [5, 5.41) is 0. The molecule has 0 aromatic carbocycles. The first kappa shape index (κ1) is 18.8. The Bertz CT molecular complexity index is 869. The van der Waals surface area contributed by atoms with Gasteiger partial charge in [-0.25, -0.2) is 19.4 Å². The van der Waals surface area contributed by atoms with Crippen molar-refractivity contribution in [2.45, 2.75) is 26.2 Å². The van der Waals surface area contributed by atoms with Crippen LogP contribution in [0.1, 0.15) is 18.4 Å². The van der Waals surface area contributed by atoms with E-state index in [1.54, 1.807) is 0 Å². The van der Waals surface area contributed by atoms with Gasteiger partial charge < -0.3 is 9.80 Å². The first-order valence-corrected chi connectivity index (χ1v) is 8.86. The molecule has 7 nitrogen and oxygen atoms in total. The fourth-order valence-electron chi connectivity index (χ4n) is 3.92. The molecule has 3 aliphatic rings. The zero-order valence-electron chi connectivity index (χ0n) is 15.2. The molecule has 3 aliphatic heterocycles. The highest BCUT2D eigenvalue weighted by Gasteiger charge is 2.43. The van der Waals surface area contributed by atoms with Crippen molar-refractivity contribution in [1.29, 1.82) is 0 Å². The van der Waals surface area contributed by atoms with Gasteiger partial charge in [0.05, 0.1) is 5.71 Å². The second kappa shape index (κ2) is 6.49. The number of anilines is 1. The number of fused-ring (bicyclic) bond motifs is 1. The van der Waals surface area contributed by atoms with Crippen LogP contribution in [0.3, 0.4) is 0 Å². The van der Waals surface area contributed by atoms with Gasteiger partial charge in [0, 0.05) is 44.1 Å². The van der Waals surface area contributed by atoms with Crippen molar-refractivity contribution in [1.82, 2.24) is 14.9 Å². The summed E-state index contributed by atoms with van der Waals surface area (Å²) in [7, 11) is 0. The van der Waals surface area contributed by atoms with E-state index in [0.29, 0.717) is 26.2 Å². The number of alkyl halides is 4. The second-order valence-electron chi connectivity index (χ2n) is 7.35. The van der Waals surface area contributed by atoms with Gasteiger partial charge in [-0.05, 0) is 13.8 Å². The number of halogens is 4. The maximum atomic E-state index is 13.5. The molecule has 28 heavy (non-hydrogen) atoms. The molecule has 4 heterocycles. The lowest BCUT2D eigenvalue weighted by atomic mass is 10.0. The van der Waals surface area contributed by atoms with E-state index in [9.17, 15) is 22.4 Å². The van der Waals surface area contributed by atoms with Crippen LogP contribution >= 0.6 is 0 Å². The Morgan fingerprint density at radius 2 is 1.61 bits per heavy atom. The number of carbonyl (C=O) groups is 1. The van der Waals surface area contributed by atoms with Crippen LogP contribution < -0.4 is 4.90 Å². The van der Waals surface area contributed by atoms with Gasteiger partial charge in [0.25, 0.3) is 5.91 Å². The quantitative estimate of drug-likeness (QED) is 0.676. The molecule has 11 heteroatoms. The minimum Gasteiger partial charge on any atom is -0.356 e. The molecule has 3 unspecified atom stereocenters. The Labute approximate surface area is 158 Å². The predicted octanol–water partition coefficient (Wildman–Crippen LogP) is 1.87. The minimum atomic E-state index is -4.52. The average molecular weight is 398 g/mol. The van der Waals surface area contributed by atoms with Crippen LogP contribution in [0.15, 0.2) is 16.1 Å². The molecule has 3 atom stereocenters. The SMILES string of the molecule is CC1=NC(N2CC3CN(c4cc(C(F)(F)F)nc(C)n4)CC3C2)=NC(=O)C1F. The number of nitrogens with zero attached hydrogens (tertiary/aromatic N) is 6. The number of hydrogen-bond acceptors (Lipinski definition) is 6. The molecule has 1 aromatic heterocycles. The maximum Gasteiger partial charge on any atom is 0.433 e. The fraction of sp³-hybridized carbons (Fsp3) is 0.588. The van der Waals surface area contributed by atoms with E-state index in [0.717, 1.165) is 6.07 Å². The van der Waals surface area contributed by atoms with Gasteiger partial charge in [-0.3, -0.25) is 4.79 Å². The van der Waals surface area contributed by atoms with Crippen LogP contribution in [-0.4, -0.2) is 64.8 Å². The van der Waals surface area contributed by atoms with Crippen molar-refractivity contribution in [3.8, 4) is 0 Å². The summed E-state index contributed by atoms with van der Waals surface area (Å²) in [6.07, 6.45) is -6.31. The molecular formula is C17H18F4N6O. The van der Waals surface area contributed by atoms with Gasteiger partial charge in [0.2, 0.25) is 12.1 Å². The number of guanidine groups is 1. The van der Waals surface area contributed by atoms with Gasteiger partial charge in [0.15, 0.2) is 0 Å². The largest absolute Gasteiger partial charge is 0.433 e. The van der Waals surface area contributed by atoms with Crippen LogP contribution in [0.5, 0.6) is 0 Å². The van der Waals surface area contributed by atoms with E-state index in [1.807, 2.05) is 9.80 Å². The number of hydrogen-bond donors (Lipinski definition) is 0. The van der Waals surface area contributed by atoms with E-state index in [2.05, 4.69) is 20.0 Å². The van der Waals surface area contributed by atoms with E-state index in [1.165, 1.54) is 13.8 Å². The third-order valence-corrected chi connectivity index (χ3v) is 5.28. The second-order valence-corrected chi connectivity index (χ2v) is 7.35. The van der Waals surface area contributed by atoms with Crippen molar-refractivity contribution in [2.75, 3.05) is 31.1 Å². The third-order valence-electron chi connectivity index (χ3n) is 5.28. The first-order valence-electron chi connectivity index (χ1n) is 8.86. The Kier molecular flexibility index (Phi) is 4.35. The smallest absolute Gasteiger partial charge is 0.356 e. The summed E-state index contributed by atoms with van der Waals surface area (Å²) < 4.78 is 52.6. The molecule has 0 N–H and O–H groups in total. The summed E-state index contributed by atoms with van der Waals surface area (Å²) in [6, 6.07) is 0.977. The molecule has 0 aliphatic carbocycles. The summed E-state index contributed by atoms with van der Waals surface area (Å²) in [5.41, 5.74) is -0.862. The van der Waals surface area contributed by atoms with E-state index < -0.39 is 23.9 Å². The Morgan fingerprint density at radius 1 is 1.00 bits per heavy atom. The molecule has 2 saturated heterocycles. The minimum absolute atomic E-state index is 0.0733. The number of rotatable bonds is 1. The lowest BCUT2D eigenvalue weighted by Crippen LogP contribution is -2.38. The standard InChI is InChI=1S/C17H18F4N6O/c1-8-14(18)15(28)25-16(22-8)27-6-10-4-26(5-11(10)7-27)13-3-12(17(19,20)21)23-9(2)24-13/h3,10-11,14H,4-7H2,1-2H3. The zero-order chi connectivity index (χ0) is 20.2. The molecular weight excluding hydrogens is 380 g/mol. The number of aliphatic imine (C=N–C) groups is 2. The average Bonchev–Trinajstić information content (AvgIpc) is 3.17. The monoisotopic (exact) mass is 398 g/mol. The van der Waals surface area contributed by atoms with E-state index in [4.69, 9.17) is 0 Å². The summed E-state index contributed by atoms with van der Waals surface area (Å²) in [4.78, 5) is 30.7. The molecule has 1 aromatic rings. The lowest BCUT2D eigenvalue weighted by Gasteiger charge is -2.25. The van der Waals surface area contributed by atoms with Crippen molar-refractivity contribution < 1.29 is 22.4 Å². The van der Waals surface area contributed by atoms with E-state index >= 15 is 0 Å². The Hall–Kier alpha value is -2.59. The molecule has 0 spiro atoms. The Balaban J connectivity index is 1.48. The number of aryl methyl sites for hydroxylation is 1. The molecule has 0 bridgehead atoms. The predicted molar refractivity (Wildman–Crippen MR) is 93.0 cm³/mol. The number of likely N-dealkylation sites (tertiary alicyclic amines) is 1. The number of carbonyl (C=O) groups excluding carboxylic acids is 1. The van der Waals surface area contributed by atoms with Crippen molar-refractivity contribution in [2.24, 2.45) is 21.8 Å². The highest BCUT2D eigenvalue weighted by atomic mass is 19.4. The molecule has 2 fully saturated rings. The van der Waals surface area contributed by atoms with Crippen LogP contribution in [0, 0.1) is 18.8 Å².